The third kappa shape index (κ3) is 3.21. The third-order valence-electron chi connectivity index (χ3n) is 4.89. The van der Waals surface area contributed by atoms with Crippen molar-refractivity contribution in [2.45, 2.75) is 19.3 Å². The number of piperidine rings is 1. The molecule has 1 N–H and O–H groups in total. The molecule has 0 atom stereocenters. The Kier molecular flexibility index (Phi) is 4.77. The van der Waals surface area contributed by atoms with Crippen molar-refractivity contribution < 1.29 is 9.59 Å². The van der Waals surface area contributed by atoms with Crippen LogP contribution in [-0.4, -0.2) is 39.2 Å². The van der Waals surface area contributed by atoms with E-state index in [1.165, 1.54) is 0 Å². The summed E-state index contributed by atoms with van der Waals surface area (Å²) in [5.74, 6) is -0.509. The van der Waals surface area contributed by atoms with Crippen LogP contribution >= 0.6 is 0 Å². The van der Waals surface area contributed by atoms with Crippen LogP contribution in [0.2, 0.25) is 0 Å². The smallest absolute Gasteiger partial charge is 0.292 e. The maximum atomic E-state index is 13.0. The number of anilines is 1. The summed E-state index contributed by atoms with van der Waals surface area (Å²) < 4.78 is 1.61. The number of hydrogen-bond acceptors (Lipinski definition) is 4. The van der Waals surface area contributed by atoms with Crippen molar-refractivity contribution in [1.82, 2.24) is 14.3 Å². The first-order valence-corrected chi connectivity index (χ1v) is 9.26. The highest BCUT2D eigenvalue weighted by atomic mass is 16.2. The standard InChI is InChI=1S/C21H19N5O2/c22-14-15-8-2-3-9-16(15)23-20(27)19-24-18(17-10-4-7-13-26(17)19)21(28)25-11-5-1-6-12-25/h2-4,7-10,13H,1,5-6,11-12H2,(H,23,27). The largest absolute Gasteiger partial charge is 0.337 e. The van der Waals surface area contributed by atoms with Crippen molar-refractivity contribution in [2.24, 2.45) is 0 Å². The SMILES string of the molecule is N#Cc1ccccc1NC(=O)c1nc(C(=O)N2CCCCC2)c2ccccn12. The van der Waals surface area contributed by atoms with Gasteiger partial charge in [0.05, 0.1) is 16.8 Å². The molecule has 0 unspecified atom stereocenters. The number of aromatic nitrogens is 2. The molecular weight excluding hydrogens is 354 g/mol. The van der Waals surface area contributed by atoms with Crippen molar-refractivity contribution in [3.63, 3.8) is 0 Å². The summed E-state index contributed by atoms with van der Waals surface area (Å²) in [5.41, 5.74) is 1.64. The van der Waals surface area contributed by atoms with Gasteiger partial charge in [0, 0.05) is 19.3 Å². The van der Waals surface area contributed by atoms with E-state index in [2.05, 4.69) is 16.4 Å². The Bertz CT molecular complexity index is 1090. The predicted octanol–water partition coefficient (Wildman–Crippen LogP) is 3.08. The first kappa shape index (κ1) is 17.7. The fraction of sp³-hybridized carbons (Fsp3) is 0.238. The van der Waals surface area contributed by atoms with Gasteiger partial charge in [0.25, 0.3) is 11.8 Å². The van der Waals surface area contributed by atoms with E-state index in [0.29, 0.717) is 29.9 Å². The number of amides is 2. The second-order valence-corrected chi connectivity index (χ2v) is 6.70. The zero-order valence-corrected chi connectivity index (χ0v) is 15.3. The molecule has 7 heteroatoms. The topological polar surface area (TPSA) is 90.5 Å². The van der Waals surface area contributed by atoms with Gasteiger partial charge in [-0.3, -0.25) is 14.0 Å². The van der Waals surface area contributed by atoms with Crippen molar-refractivity contribution in [3.8, 4) is 6.07 Å². The molecule has 1 fully saturated rings. The zero-order valence-electron chi connectivity index (χ0n) is 15.3. The normalized spacial score (nSPS) is 13.9. The number of imidazole rings is 1. The molecule has 0 bridgehead atoms. The molecule has 4 rings (SSSR count). The highest BCUT2D eigenvalue weighted by Crippen LogP contribution is 2.20. The molecule has 1 aliphatic heterocycles. The van der Waals surface area contributed by atoms with Crippen LogP contribution in [0.5, 0.6) is 0 Å². The van der Waals surface area contributed by atoms with Crippen LogP contribution in [0.15, 0.2) is 48.7 Å². The first-order chi connectivity index (χ1) is 13.7. The van der Waals surface area contributed by atoms with E-state index >= 15 is 0 Å². The summed E-state index contributed by atoms with van der Waals surface area (Å²) >= 11 is 0. The van der Waals surface area contributed by atoms with Gasteiger partial charge in [0.1, 0.15) is 6.07 Å². The molecule has 0 spiro atoms. The fourth-order valence-electron chi connectivity index (χ4n) is 3.47. The number of nitriles is 1. The number of nitrogens with zero attached hydrogens (tertiary/aromatic N) is 4. The average Bonchev–Trinajstić information content (AvgIpc) is 3.14. The Labute approximate surface area is 162 Å². The second kappa shape index (κ2) is 7.53. The quantitative estimate of drug-likeness (QED) is 0.764. The number of rotatable bonds is 3. The molecule has 140 valence electrons. The van der Waals surface area contributed by atoms with Crippen molar-refractivity contribution in [2.75, 3.05) is 18.4 Å². The monoisotopic (exact) mass is 373 g/mol. The van der Waals surface area contributed by atoms with Crippen molar-refractivity contribution >= 4 is 23.0 Å². The van der Waals surface area contributed by atoms with Gasteiger partial charge in [-0.05, 0) is 43.5 Å². The lowest BCUT2D eigenvalue weighted by atomic mass is 10.1. The molecule has 1 aliphatic rings. The highest BCUT2D eigenvalue weighted by molar-refractivity contribution is 6.06. The summed E-state index contributed by atoms with van der Waals surface area (Å²) in [5, 5.41) is 12.0. The van der Waals surface area contributed by atoms with Gasteiger partial charge in [-0.25, -0.2) is 4.98 Å². The van der Waals surface area contributed by atoms with Gasteiger partial charge in [-0.2, -0.15) is 5.26 Å². The zero-order chi connectivity index (χ0) is 19.5. The molecule has 0 saturated carbocycles. The summed E-state index contributed by atoms with van der Waals surface area (Å²) in [4.78, 5) is 32.1. The minimum atomic E-state index is -0.471. The Morgan fingerprint density at radius 2 is 1.79 bits per heavy atom. The maximum Gasteiger partial charge on any atom is 0.292 e. The van der Waals surface area contributed by atoms with Gasteiger partial charge >= 0.3 is 0 Å². The summed E-state index contributed by atoms with van der Waals surface area (Å²) in [6, 6.07) is 14.2. The Morgan fingerprint density at radius 3 is 2.57 bits per heavy atom. The molecule has 2 amide bonds. The molecule has 28 heavy (non-hydrogen) atoms. The van der Waals surface area contributed by atoms with Crippen molar-refractivity contribution in [1.29, 1.82) is 5.26 Å². The van der Waals surface area contributed by atoms with Crippen LogP contribution in [0.1, 0.15) is 45.9 Å². The predicted molar refractivity (Wildman–Crippen MR) is 104 cm³/mol. The number of benzene rings is 1. The summed E-state index contributed by atoms with van der Waals surface area (Å²) in [6.07, 6.45) is 4.80. The van der Waals surface area contributed by atoms with Gasteiger partial charge in [0.2, 0.25) is 5.82 Å². The Morgan fingerprint density at radius 1 is 1.04 bits per heavy atom. The summed E-state index contributed by atoms with van der Waals surface area (Å²) in [6.45, 7) is 1.42. The highest BCUT2D eigenvalue weighted by Gasteiger charge is 2.26. The molecule has 2 aromatic heterocycles. The number of pyridine rings is 1. The molecule has 3 aromatic rings. The van der Waals surface area contributed by atoms with Crippen LogP contribution in [0.3, 0.4) is 0 Å². The number of para-hydroxylation sites is 1. The number of carbonyl (C=O) groups excluding carboxylic acids is 2. The van der Waals surface area contributed by atoms with Gasteiger partial charge in [-0.1, -0.05) is 18.2 Å². The molecule has 7 nitrogen and oxygen atoms in total. The van der Waals surface area contributed by atoms with Crippen LogP contribution in [0.4, 0.5) is 5.69 Å². The molecule has 3 heterocycles. The molecule has 1 aromatic carbocycles. The maximum absolute atomic E-state index is 13.0. The lowest BCUT2D eigenvalue weighted by molar-refractivity contribution is 0.0721. The van der Waals surface area contributed by atoms with Gasteiger partial charge in [-0.15, -0.1) is 0 Å². The van der Waals surface area contributed by atoms with Crippen molar-refractivity contribution in [3.05, 3.63) is 65.7 Å². The third-order valence-corrected chi connectivity index (χ3v) is 4.89. The fourth-order valence-corrected chi connectivity index (χ4v) is 3.47. The minimum absolute atomic E-state index is 0.115. The van der Waals surface area contributed by atoms with E-state index in [4.69, 9.17) is 0 Å². The van der Waals surface area contributed by atoms with E-state index in [-0.39, 0.29) is 17.4 Å². The van der Waals surface area contributed by atoms with E-state index in [0.717, 1.165) is 19.3 Å². The summed E-state index contributed by atoms with van der Waals surface area (Å²) in [7, 11) is 0. The van der Waals surface area contributed by atoms with Crippen LogP contribution in [0.25, 0.3) is 5.52 Å². The Hall–Kier alpha value is -3.66. The van der Waals surface area contributed by atoms with E-state index in [9.17, 15) is 14.9 Å². The number of hydrogen-bond donors (Lipinski definition) is 1. The van der Waals surface area contributed by atoms with Gasteiger partial charge < -0.3 is 10.2 Å². The van der Waals surface area contributed by atoms with Crippen LogP contribution in [-0.2, 0) is 0 Å². The molecule has 0 aliphatic carbocycles. The average molecular weight is 373 g/mol. The molecular formula is C21H19N5O2. The molecule has 1 saturated heterocycles. The van der Waals surface area contributed by atoms with E-state index in [1.54, 1.807) is 51.9 Å². The lowest BCUT2D eigenvalue weighted by Crippen LogP contribution is -2.36. The second-order valence-electron chi connectivity index (χ2n) is 6.70. The van der Waals surface area contributed by atoms with Crippen LogP contribution < -0.4 is 5.32 Å². The van der Waals surface area contributed by atoms with Crippen LogP contribution in [0, 0.1) is 11.3 Å². The first-order valence-electron chi connectivity index (χ1n) is 9.26. The van der Waals surface area contributed by atoms with E-state index < -0.39 is 5.91 Å². The number of likely N-dealkylation sites (tertiary alicyclic amines) is 1. The Balaban J connectivity index is 1.70. The number of nitrogens with one attached hydrogen (secondary N) is 1. The number of fused-ring (bicyclic) bond motifs is 1. The van der Waals surface area contributed by atoms with Gasteiger partial charge in [0.15, 0.2) is 5.69 Å². The molecule has 0 radical (unpaired) electrons. The number of carbonyl (C=O) groups is 2. The van der Waals surface area contributed by atoms with E-state index in [1.807, 2.05) is 6.07 Å². The minimum Gasteiger partial charge on any atom is -0.337 e. The lowest BCUT2D eigenvalue weighted by Gasteiger charge is -2.25.